The zero-order chi connectivity index (χ0) is 17.7. The minimum Gasteiger partial charge on any atom is -0.300 e. The van der Waals surface area contributed by atoms with Crippen LogP contribution in [0.4, 0.5) is 0 Å². The van der Waals surface area contributed by atoms with Crippen molar-refractivity contribution in [2.75, 3.05) is 13.1 Å². The van der Waals surface area contributed by atoms with Gasteiger partial charge in [0, 0.05) is 18.0 Å². The van der Waals surface area contributed by atoms with E-state index in [0.29, 0.717) is 5.92 Å². The standard InChI is InChI=1S/C20H22N4OS/c1-13-4-7-19(25)24(22-13)15-5-6-17-18(12-15)26-20(21-17)14-10-16(11-14)23-8-2-3-9-23/h4-7,12,14,16H,2-3,8-11H2,1H3/t14-,16-. The molecule has 6 heteroatoms. The molecule has 3 heterocycles. The molecule has 0 bridgehead atoms. The number of benzene rings is 1. The molecular weight excluding hydrogens is 344 g/mol. The maximum absolute atomic E-state index is 12.1. The lowest BCUT2D eigenvalue weighted by Gasteiger charge is -2.40. The van der Waals surface area contributed by atoms with E-state index in [4.69, 9.17) is 4.98 Å². The number of fused-ring (bicyclic) bond motifs is 1. The lowest BCUT2D eigenvalue weighted by molar-refractivity contribution is 0.136. The van der Waals surface area contributed by atoms with E-state index in [9.17, 15) is 4.79 Å². The maximum atomic E-state index is 12.1. The second kappa shape index (κ2) is 6.28. The predicted octanol–water partition coefficient (Wildman–Crippen LogP) is 3.49. The minimum atomic E-state index is -0.105. The van der Waals surface area contributed by atoms with Crippen LogP contribution in [0.25, 0.3) is 15.9 Å². The first kappa shape index (κ1) is 16.1. The molecule has 2 aliphatic rings. The van der Waals surface area contributed by atoms with Crippen molar-refractivity contribution in [2.45, 2.75) is 44.6 Å². The van der Waals surface area contributed by atoms with Crippen molar-refractivity contribution in [2.24, 2.45) is 0 Å². The highest BCUT2D eigenvalue weighted by atomic mass is 32.1. The molecule has 5 nitrogen and oxygen atoms in total. The highest BCUT2D eigenvalue weighted by molar-refractivity contribution is 7.18. The molecule has 3 aromatic rings. The number of hydrogen-bond donors (Lipinski definition) is 0. The molecule has 0 amide bonds. The normalized spacial score (nSPS) is 23.4. The van der Waals surface area contributed by atoms with Gasteiger partial charge in [0.05, 0.1) is 26.6 Å². The Balaban J connectivity index is 1.40. The van der Waals surface area contributed by atoms with Gasteiger partial charge in [0.25, 0.3) is 5.56 Å². The summed E-state index contributed by atoms with van der Waals surface area (Å²) in [4.78, 5) is 19.6. The second-order valence-corrected chi connectivity index (χ2v) is 8.56. The molecule has 0 atom stereocenters. The Morgan fingerprint density at radius 3 is 2.73 bits per heavy atom. The summed E-state index contributed by atoms with van der Waals surface area (Å²) in [6, 6.07) is 10.1. The van der Waals surface area contributed by atoms with Crippen molar-refractivity contribution < 1.29 is 0 Å². The second-order valence-electron chi connectivity index (χ2n) is 7.49. The topological polar surface area (TPSA) is 51.0 Å². The highest BCUT2D eigenvalue weighted by Crippen LogP contribution is 2.43. The molecule has 2 aromatic heterocycles. The van der Waals surface area contributed by atoms with Crippen molar-refractivity contribution in [3.8, 4) is 5.69 Å². The van der Waals surface area contributed by atoms with Crippen LogP contribution in [0.1, 0.15) is 42.3 Å². The third kappa shape index (κ3) is 2.77. The summed E-state index contributed by atoms with van der Waals surface area (Å²) in [5, 5.41) is 5.60. The van der Waals surface area contributed by atoms with Gasteiger partial charge in [0.2, 0.25) is 0 Å². The first-order valence-electron chi connectivity index (χ1n) is 9.39. The van der Waals surface area contributed by atoms with Crippen molar-refractivity contribution >= 4 is 21.6 Å². The Morgan fingerprint density at radius 2 is 1.92 bits per heavy atom. The Hall–Kier alpha value is -2.05. The van der Waals surface area contributed by atoms with Gasteiger partial charge in [-0.3, -0.25) is 4.79 Å². The molecule has 1 saturated carbocycles. The van der Waals surface area contributed by atoms with Crippen LogP contribution in [0, 0.1) is 6.92 Å². The van der Waals surface area contributed by atoms with Gasteiger partial charge in [0.15, 0.2) is 0 Å². The fourth-order valence-corrected chi connectivity index (χ4v) is 5.25. The smallest absolute Gasteiger partial charge is 0.271 e. The number of likely N-dealkylation sites (tertiary alicyclic amines) is 1. The van der Waals surface area contributed by atoms with Gasteiger partial charge in [-0.1, -0.05) is 0 Å². The van der Waals surface area contributed by atoms with Gasteiger partial charge in [-0.2, -0.15) is 9.78 Å². The number of rotatable bonds is 3. The molecule has 0 spiro atoms. The van der Waals surface area contributed by atoms with Gasteiger partial charge in [-0.15, -0.1) is 11.3 Å². The Labute approximate surface area is 156 Å². The summed E-state index contributed by atoms with van der Waals surface area (Å²) in [6.45, 7) is 4.45. The molecule has 1 aromatic carbocycles. The highest BCUT2D eigenvalue weighted by Gasteiger charge is 2.37. The van der Waals surface area contributed by atoms with Crippen molar-refractivity contribution in [1.82, 2.24) is 19.7 Å². The molecule has 1 saturated heterocycles. The largest absolute Gasteiger partial charge is 0.300 e. The summed E-state index contributed by atoms with van der Waals surface area (Å²) >= 11 is 1.77. The molecule has 5 rings (SSSR count). The first-order chi connectivity index (χ1) is 12.7. The third-order valence-electron chi connectivity index (χ3n) is 5.69. The fourth-order valence-electron chi connectivity index (χ4n) is 4.12. The summed E-state index contributed by atoms with van der Waals surface area (Å²) in [5.74, 6) is 0.598. The molecular formula is C20H22N4OS. The van der Waals surface area contributed by atoms with Gasteiger partial charge in [-0.25, -0.2) is 4.98 Å². The minimum absolute atomic E-state index is 0.105. The van der Waals surface area contributed by atoms with Crippen molar-refractivity contribution in [1.29, 1.82) is 0 Å². The number of aryl methyl sites for hydroxylation is 1. The summed E-state index contributed by atoms with van der Waals surface area (Å²) in [6.07, 6.45) is 5.20. The van der Waals surface area contributed by atoms with E-state index in [-0.39, 0.29) is 5.56 Å². The Kier molecular flexibility index (Phi) is 3.90. The monoisotopic (exact) mass is 366 g/mol. The molecule has 0 unspecified atom stereocenters. The van der Waals surface area contributed by atoms with Crippen molar-refractivity contribution in [3.63, 3.8) is 0 Å². The van der Waals surface area contributed by atoms with E-state index < -0.39 is 0 Å². The van der Waals surface area contributed by atoms with E-state index in [1.165, 1.54) is 48.5 Å². The van der Waals surface area contributed by atoms with Crippen LogP contribution in [-0.4, -0.2) is 38.8 Å². The quantitative estimate of drug-likeness (QED) is 0.712. The van der Waals surface area contributed by atoms with E-state index >= 15 is 0 Å². The Bertz CT molecular complexity index is 1010. The average molecular weight is 366 g/mol. The predicted molar refractivity (Wildman–Crippen MR) is 104 cm³/mol. The molecule has 1 aliphatic heterocycles. The lowest BCUT2D eigenvalue weighted by atomic mass is 9.80. The number of nitrogens with zero attached hydrogens (tertiary/aromatic N) is 4. The van der Waals surface area contributed by atoms with E-state index in [1.807, 2.05) is 25.1 Å². The van der Waals surface area contributed by atoms with Gasteiger partial charge < -0.3 is 4.90 Å². The summed E-state index contributed by atoms with van der Waals surface area (Å²) < 4.78 is 2.61. The molecule has 2 fully saturated rings. The van der Waals surface area contributed by atoms with Crippen LogP contribution in [-0.2, 0) is 0 Å². The molecule has 0 N–H and O–H groups in total. The zero-order valence-electron chi connectivity index (χ0n) is 14.9. The van der Waals surface area contributed by atoms with Gasteiger partial charge in [-0.05, 0) is 70.0 Å². The third-order valence-corrected chi connectivity index (χ3v) is 6.87. The SMILES string of the molecule is Cc1ccc(=O)n(-c2ccc3nc([C@H]4C[C@H](N5CCCC5)C4)sc3c2)n1. The summed E-state index contributed by atoms with van der Waals surface area (Å²) in [5.41, 5.74) is 2.56. The fraction of sp³-hybridized carbons (Fsp3) is 0.450. The van der Waals surface area contributed by atoms with Crippen molar-refractivity contribution in [3.05, 3.63) is 51.4 Å². The molecule has 0 radical (unpaired) electrons. The van der Waals surface area contributed by atoms with Crippen LogP contribution in [0.15, 0.2) is 35.1 Å². The van der Waals surface area contributed by atoms with E-state index in [0.717, 1.165) is 27.6 Å². The van der Waals surface area contributed by atoms with Crippen LogP contribution in [0.5, 0.6) is 0 Å². The van der Waals surface area contributed by atoms with Crippen LogP contribution >= 0.6 is 11.3 Å². The van der Waals surface area contributed by atoms with Crippen LogP contribution < -0.4 is 5.56 Å². The van der Waals surface area contributed by atoms with E-state index in [2.05, 4.69) is 10.00 Å². The summed E-state index contributed by atoms with van der Waals surface area (Å²) in [7, 11) is 0. The number of aromatic nitrogens is 3. The Morgan fingerprint density at radius 1 is 1.12 bits per heavy atom. The van der Waals surface area contributed by atoms with E-state index in [1.54, 1.807) is 23.5 Å². The zero-order valence-corrected chi connectivity index (χ0v) is 15.7. The van der Waals surface area contributed by atoms with Gasteiger partial charge in [0.1, 0.15) is 0 Å². The number of hydrogen-bond acceptors (Lipinski definition) is 5. The van der Waals surface area contributed by atoms with Gasteiger partial charge >= 0.3 is 0 Å². The van der Waals surface area contributed by atoms with Crippen LogP contribution in [0.2, 0.25) is 0 Å². The van der Waals surface area contributed by atoms with Crippen LogP contribution in [0.3, 0.4) is 0 Å². The molecule has 1 aliphatic carbocycles. The lowest BCUT2D eigenvalue weighted by Crippen LogP contribution is -2.42. The number of thiazole rings is 1. The maximum Gasteiger partial charge on any atom is 0.271 e. The molecule has 26 heavy (non-hydrogen) atoms. The first-order valence-corrected chi connectivity index (χ1v) is 10.2. The molecule has 134 valence electrons. The average Bonchev–Trinajstić information content (AvgIpc) is 3.24.